The lowest BCUT2D eigenvalue weighted by Gasteiger charge is -2.12. The smallest absolute Gasteiger partial charge is 0.323 e. The highest BCUT2D eigenvalue weighted by Gasteiger charge is 2.15. The molecule has 21 heavy (non-hydrogen) atoms. The summed E-state index contributed by atoms with van der Waals surface area (Å²) in [6, 6.07) is 3.02. The largest absolute Gasteiger partial charge is 0.468 e. The normalized spacial score (nSPS) is 11.9. The van der Waals surface area contributed by atoms with E-state index >= 15 is 0 Å². The second kappa shape index (κ2) is 8.26. The van der Waals surface area contributed by atoms with Crippen LogP contribution >= 0.6 is 23.4 Å². The molecule has 0 aromatic heterocycles. The number of nitrogens with two attached hydrogens (primary N) is 1. The minimum atomic E-state index is -0.725. The number of carbonyl (C=O) groups excluding carboxylic acids is 2. The van der Waals surface area contributed by atoms with E-state index in [0.29, 0.717) is 16.5 Å². The zero-order chi connectivity index (χ0) is 16.0. The van der Waals surface area contributed by atoms with Crippen molar-refractivity contribution in [3.63, 3.8) is 0 Å². The Bertz CT molecular complexity index is 514. The molecular formula is C14H19ClN2O3S. The number of hydrogen-bond acceptors (Lipinski definition) is 5. The highest BCUT2D eigenvalue weighted by Crippen LogP contribution is 2.27. The molecule has 0 aliphatic carbocycles. The first-order valence-corrected chi connectivity index (χ1v) is 7.86. The number of hydrogen-bond donors (Lipinski definition) is 2. The van der Waals surface area contributed by atoms with Gasteiger partial charge in [0, 0.05) is 5.75 Å². The number of thioether (sulfide) groups is 1. The van der Waals surface area contributed by atoms with E-state index in [-0.39, 0.29) is 11.7 Å². The molecule has 0 saturated heterocycles. The van der Waals surface area contributed by atoms with Gasteiger partial charge in [0.1, 0.15) is 6.04 Å². The average molecular weight is 331 g/mol. The molecule has 1 amide bonds. The van der Waals surface area contributed by atoms with E-state index in [0.717, 1.165) is 11.1 Å². The Balaban J connectivity index is 2.50. The van der Waals surface area contributed by atoms with Gasteiger partial charge < -0.3 is 15.8 Å². The van der Waals surface area contributed by atoms with Gasteiger partial charge in [0.25, 0.3) is 0 Å². The Morgan fingerprint density at radius 1 is 1.43 bits per heavy atom. The van der Waals surface area contributed by atoms with Crippen molar-refractivity contribution in [1.82, 2.24) is 0 Å². The quantitative estimate of drug-likeness (QED) is 0.781. The number of carbonyl (C=O) groups is 2. The van der Waals surface area contributed by atoms with Gasteiger partial charge in [0.15, 0.2) is 0 Å². The number of nitrogens with one attached hydrogen (secondary N) is 1. The number of amides is 1. The molecule has 0 heterocycles. The number of benzene rings is 1. The second-order valence-corrected chi connectivity index (χ2v) is 6.07. The monoisotopic (exact) mass is 330 g/mol. The minimum Gasteiger partial charge on any atom is -0.468 e. The topological polar surface area (TPSA) is 81.4 Å². The van der Waals surface area contributed by atoms with Gasteiger partial charge in [-0.2, -0.15) is 0 Å². The molecular weight excluding hydrogens is 312 g/mol. The maximum atomic E-state index is 11.9. The standard InChI is InChI=1S/C14H19ClN2O3S/c1-8-4-9(2)13(10(15)5-8)17-12(18)7-21-6-11(16)14(19)20-3/h4-5,11H,6-7,16H2,1-3H3,(H,17,18). The van der Waals surface area contributed by atoms with Crippen LogP contribution in [0.5, 0.6) is 0 Å². The van der Waals surface area contributed by atoms with Crippen molar-refractivity contribution < 1.29 is 14.3 Å². The fourth-order valence-corrected chi connectivity index (χ4v) is 2.88. The molecule has 3 N–H and O–H groups in total. The summed E-state index contributed by atoms with van der Waals surface area (Å²) in [5.74, 6) is -0.166. The van der Waals surface area contributed by atoms with Crippen molar-refractivity contribution in [2.45, 2.75) is 19.9 Å². The molecule has 0 aliphatic heterocycles. The number of rotatable bonds is 6. The lowest BCUT2D eigenvalue weighted by molar-refractivity contribution is -0.141. The van der Waals surface area contributed by atoms with Gasteiger partial charge >= 0.3 is 5.97 Å². The number of ether oxygens (including phenoxy) is 1. The molecule has 1 rings (SSSR count). The first-order valence-electron chi connectivity index (χ1n) is 6.33. The van der Waals surface area contributed by atoms with Crippen molar-refractivity contribution >= 4 is 40.9 Å². The van der Waals surface area contributed by atoms with E-state index in [1.807, 2.05) is 19.9 Å². The summed E-state index contributed by atoms with van der Waals surface area (Å²) >= 11 is 7.39. The molecule has 0 spiro atoms. The zero-order valence-corrected chi connectivity index (χ0v) is 13.8. The average Bonchev–Trinajstić information content (AvgIpc) is 2.41. The van der Waals surface area contributed by atoms with E-state index in [1.165, 1.54) is 18.9 Å². The molecule has 0 fully saturated rings. The molecule has 1 aromatic rings. The molecule has 0 aliphatic rings. The lowest BCUT2D eigenvalue weighted by Crippen LogP contribution is -2.34. The summed E-state index contributed by atoms with van der Waals surface area (Å²) in [6.07, 6.45) is 0. The van der Waals surface area contributed by atoms with Gasteiger partial charge in [0.2, 0.25) is 5.91 Å². The van der Waals surface area contributed by atoms with Crippen molar-refractivity contribution in [2.24, 2.45) is 5.73 Å². The van der Waals surface area contributed by atoms with Gasteiger partial charge in [0.05, 0.1) is 23.6 Å². The van der Waals surface area contributed by atoms with Gasteiger partial charge in [-0.05, 0) is 31.0 Å². The summed E-state index contributed by atoms with van der Waals surface area (Å²) in [5.41, 5.74) is 8.14. The van der Waals surface area contributed by atoms with Crippen LogP contribution in [0.2, 0.25) is 5.02 Å². The predicted octanol–water partition coefficient (Wildman–Crippen LogP) is 2.13. The Labute approximate surface area is 133 Å². The molecule has 5 nitrogen and oxygen atoms in total. The Morgan fingerprint density at radius 3 is 2.67 bits per heavy atom. The minimum absolute atomic E-state index is 0.189. The number of aryl methyl sites for hydroxylation is 2. The van der Waals surface area contributed by atoms with Crippen molar-refractivity contribution in [1.29, 1.82) is 0 Å². The molecule has 0 bridgehead atoms. The Kier molecular flexibility index (Phi) is 7.01. The number of methoxy groups -OCH3 is 1. The van der Waals surface area contributed by atoms with Gasteiger partial charge in [-0.1, -0.05) is 17.7 Å². The van der Waals surface area contributed by atoms with E-state index in [2.05, 4.69) is 10.1 Å². The summed E-state index contributed by atoms with van der Waals surface area (Å²) < 4.78 is 4.51. The molecule has 0 saturated carbocycles. The third-order valence-corrected chi connectivity index (χ3v) is 4.09. The maximum Gasteiger partial charge on any atom is 0.323 e. The third-order valence-electron chi connectivity index (χ3n) is 2.73. The van der Waals surface area contributed by atoms with Crippen LogP contribution in [0.4, 0.5) is 5.69 Å². The molecule has 1 atom stereocenters. The molecule has 7 heteroatoms. The summed E-state index contributed by atoms with van der Waals surface area (Å²) in [5, 5.41) is 3.29. The fourth-order valence-electron chi connectivity index (χ4n) is 1.75. The maximum absolute atomic E-state index is 11.9. The van der Waals surface area contributed by atoms with E-state index in [4.69, 9.17) is 17.3 Å². The Hall–Kier alpha value is -1.24. The Morgan fingerprint density at radius 2 is 2.10 bits per heavy atom. The summed E-state index contributed by atoms with van der Waals surface area (Å²) in [7, 11) is 1.28. The SMILES string of the molecule is COC(=O)C(N)CSCC(=O)Nc1c(C)cc(C)cc1Cl. The van der Waals surface area contributed by atoms with Gasteiger partial charge in [-0.15, -0.1) is 11.8 Å². The highest BCUT2D eigenvalue weighted by molar-refractivity contribution is 8.00. The molecule has 116 valence electrons. The predicted molar refractivity (Wildman–Crippen MR) is 86.9 cm³/mol. The lowest BCUT2D eigenvalue weighted by atomic mass is 10.1. The van der Waals surface area contributed by atoms with Crippen LogP contribution in [0.1, 0.15) is 11.1 Å². The van der Waals surface area contributed by atoms with Crippen LogP contribution in [0.3, 0.4) is 0 Å². The van der Waals surface area contributed by atoms with Crippen LogP contribution in [0.25, 0.3) is 0 Å². The number of halogens is 1. The van der Waals surface area contributed by atoms with Gasteiger partial charge in [-0.25, -0.2) is 0 Å². The zero-order valence-electron chi connectivity index (χ0n) is 12.2. The number of esters is 1. The van der Waals surface area contributed by atoms with Crippen molar-refractivity contribution in [2.75, 3.05) is 23.9 Å². The summed E-state index contributed by atoms with van der Waals surface area (Å²) in [6.45, 7) is 3.82. The summed E-state index contributed by atoms with van der Waals surface area (Å²) in [4.78, 5) is 23.0. The highest BCUT2D eigenvalue weighted by atomic mass is 35.5. The van der Waals surface area contributed by atoms with Crippen LogP contribution in [0.15, 0.2) is 12.1 Å². The molecule has 1 aromatic carbocycles. The fraction of sp³-hybridized carbons (Fsp3) is 0.429. The number of anilines is 1. The molecule has 1 unspecified atom stereocenters. The first kappa shape index (κ1) is 17.8. The van der Waals surface area contributed by atoms with Crippen molar-refractivity contribution in [3.05, 3.63) is 28.3 Å². The second-order valence-electron chi connectivity index (χ2n) is 4.63. The van der Waals surface area contributed by atoms with Crippen LogP contribution in [-0.4, -0.2) is 36.5 Å². The van der Waals surface area contributed by atoms with Gasteiger partial charge in [-0.3, -0.25) is 9.59 Å². The van der Waals surface area contributed by atoms with E-state index < -0.39 is 12.0 Å². The van der Waals surface area contributed by atoms with Crippen LogP contribution < -0.4 is 11.1 Å². The first-order chi connectivity index (χ1) is 9.85. The van der Waals surface area contributed by atoms with Crippen LogP contribution in [-0.2, 0) is 14.3 Å². The molecule has 0 radical (unpaired) electrons. The third kappa shape index (κ3) is 5.57. The van der Waals surface area contributed by atoms with E-state index in [9.17, 15) is 9.59 Å². The van der Waals surface area contributed by atoms with Crippen LogP contribution in [0, 0.1) is 13.8 Å². The van der Waals surface area contributed by atoms with E-state index in [1.54, 1.807) is 6.07 Å². The van der Waals surface area contributed by atoms with Crippen molar-refractivity contribution in [3.8, 4) is 0 Å².